The topological polar surface area (TPSA) is 84.2 Å². The minimum absolute atomic E-state index is 0.0641. The molecule has 2 aromatic heterocycles. The Morgan fingerprint density at radius 1 is 1.07 bits per heavy atom. The highest BCUT2D eigenvalue weighted by atomic mass is 32.1. The Hall–Kier alpha value is -3.88. The molecule has 1 atom stereocenters. The Balaban J connectivity index is 1.45. The molecule has 3 aromatic carbocycles. The largest absolute Gasteiger partial charge is 0.478 e. The van der Waals surface area contributed by atoms with Crippen LogP contribution in [0.3, 0.4) is 0 Å². The van der Waals surface area contributed by atoms with Crippen LogP contribution in [0.4, 0.5) is 0 Å². The number of thiol groups is 1. The van der Waals surface area contributed by atoms with E-state index in [1.807, 2.05) is 66.9 Å². The summed E-state index contributed by atoms with van der Waals surface area (Å²) < 4.78 is 2.20. The lowest BCUT2D eigenvalue weighted by molar-refractivity contribution is 0.0697. The average Bonchev–Trinajstić information content (AvgIpc) is 3.61. The summed E-state index contributed by atoms with van der Waals surface area (Å²) in [6.45, 7) is 4.73. The van der Waals surface area contributed by atoms with Gasteiger partial charge in [0, 0.05) is 41.6 Å². The van der Waals surface area contributed by atoms with Gasteiger partial charge >= 0.3 is 5.97 Å². The molecule has 0 aliphatic heterocycles. The molecule has 0 unspecified atom stereocenters. The van der Waals surface area contributed by atoms with E-state index >= 15 is 0 Å². The molecule has 5 aromatic rings. The zero-order valence-electron chi connectivity index (χ0n) is 23.1. The molecule has 1 amide bonds. The van der Waals surface area contributed by atoms with Crippen LogP contribution in [0.1, 0.15) is 55.9 Å². The molecule has 2 N–H and O–H groups in total. The standard InChI is InChI=1S/C33H33N3O3S2/c1-3-7-30-35-31-21(2)16-24(32(37)34-25(20-40)18-26-8-6-15-41-26)17-29(31)36(30)19-22-11-13-23(14-12-22)27-9-4-5-10-28(27)33(38)39/h4-6,8-17,25,40H,3,7,18-20H2,1-2H3,(H,34,37)(H,38,39)/t25-/m1/s1. The number of carboxylic acid groups (broad SMARTS) is 1. The second kappa shape index (κ2) is 12.7. The lowest BCUT2D eigenvalue weighted by Gasteiger charge is -2.16. The number of carbonyl (C=O) groups excluding carboxylic acids is 1. The Bertz CT molecular complexity index is 1670. The fourth-order valence-corrected chi connectivity index (χ4v) is 6.16. The highest BCUT2D eigenvalue weighted by molar-refractivity contribution is 7.80. The summed E-state index contributed by atoms with van der Waals surface area (Å²) in [5.74, 6) is 0.476. The van der Waals surface area contributed by atoms with E-state index in [1.54, 1.807) is 23.5 Å². The van der Waals surface area contributed by atoms with Gasteiger partial charge in [0.2, 0.25) is 0 Å². The first-order valence-corrected chi connectivity index (χ1v) is 15.2. The molecular weight excluding hydrogens is 551 g/mol. The molecule has 5 rings (SSSR count). The summed E-state index contributed by atoms with van der Waals surface area (Å²) >= 11 is 6.17. The molecule has 0 fully saturated rings. The first kappa shape index (κ1) is 28.6. The molecule has 0 aliphatic rings. The fourth-order valence-electron chi connectivity index (χ4n) is 5.16. The minimum atomic E-state index is -0.943. The van der Waals surface area contributed by atoms with Crippen LogP contribution in [0, 0.1) is 6.92 Å². The van der Waals surface area contributed by atoms with E-state index in [4.69, 9.17) is 4.98 Å². The molecule has 0 saturated carbocycles. The molecule has 6 nitrogen and oxygen atoms in total. The van der Waals surface area contributed by atoms with Crippen molar-refractivity contribution in [2.75, 3.05) is 5.75 Å². The van der Waals surface area contributed by atoms with Crippen LogP contribution in [0.2, 0.25) is 0 Å². The van der Waals surface area contributed by atoms with Crippen LogP contribution in [0.5, 0.6) is 0 Å². The number of nitrogens with one attached hydrogen (secondary N) is 1. The van der Waals surface area contributed by atoms with Crippen molar-refractivity contribution in [2.24, 2.45) is 0 Å². The predicted octanol–water partition coefficient (Wildman–Crippen LogP) is 7.04. The van der Waals surface area contributed by atoms with E-state index in [-0.39, 0.29) is 17.5 Å². The van der Waals surface area contributed by atoms with Crippen LogP contribution in [0.15, 0.2) is 78.2 Å². The Morgan fingerprint density at radius 2 is 1.85 bits per heavy atom. The molecular formula is C33H33N3O3S2. The maximum Gasteiger partial charge on any atom is 0.336 e. The number of thiophene rings is 1. The van der Waals surface area contributed by atoms with Crippen molar-refractivity contribution in [3.8, 4) is 11.1 Å². The summed E-state index contributed by atoms with van der Waals surface area (Å²) in [6, 6.07) is 22.9. The maximum atomic E-state index is 13.4. The van der Waals surface area contributed by atoms with Gasteiger partial charge in [-0.05, 0) is 65.2 Å². The lowest BCUT2D eigenvalue weighted by atomic mass is 9.98. The van der Waals surface area contributed by atoms with Gasteiger partial charge in [-0.3, -0.25) is 4.79 Å². The van der Waals surface area contributed by atoms with Gasteiger partial charge in [0.15, 0.2) is 0 Å². The van der Waals surface area contributed by atoms with Gasteiger partial charge in [0.05, 0.1) is 16.6 Å². The number of rotatable bonds is 11. The van der Waals surface area contributed by atoms with Crippen LogP contribution < -0.4 is 5.32 Å². The van der Waals surface area contributed by atoms with E-state index in [0.717, 1.165) is 52.8 Å². The number of hydrogen-bond donors (Lipinski definition) is 3. The number of benzene rings is 3. The van der Waals surface area contributed by atoms with Gasteiger partial charge in [0.1, 0.15) is 5.82 Å². The highest BCUT2D eigenvalue weighted by Gasteiger charge is 2.19. The molecule has 0 saturated heterocycles. The Labute approximate surface area is 249 Å². The zero-order chi connectivity index (χ0) is 28.9. The molecule has 2 heterocycles. The first-order chi connectivity index (χ1) is 19.9. The predicted molar refractivity (Wildman–Crippen MR) is 170 cm³/mol. The second-order valence-corrected chi connectivity index (χ2v) is 11.6. The van der Waals surface area contributed by atoms with E-state index in [1.165, 1.54) is 4.88 Å². The van der Waals surface area contributed by atoms with E-state index in [0.29, 0.717) is 23.4 Å². The number of nitrogens with zero attached hydrogens (tertiary/aromatic N) is 2. The third kappa shape index (κ3) is 6.39. The zero-order valence-corrected chi connectivity index (χ0v) is 24.8. The van der Waals surface area contributed by atoms with E-state index in [9.17, 15) is 14.7 Å². The lowest BCUT2D eigenvalue weighted by Crippen LogP contribution is -2.37. The van der Waals surface area contributed by atoms with Gasteiger partial charge < -0.3 is 15.0 Å². The number of amides is 1. The van der Waals surface area contributed by atoms with Crippen molar-refractivity contribution < 1.29 is 14.7 Å². The van der Waals surface area contributed by atoms with Crippen LogP contribution in [0.25, 0.3) is 22.2 Å². The van der Waals surface area contributed by atoms with Gasteiger partial charge in [-0.2, -0.15) is 12.6 Å². The average molecular weight is 584 g/mol. The van der Waals surface area contributed by atoms with Crippen LogP contribution in [-0.2, 0) is 19.4 Å². The number of carbonyl (C=O) groups is 2. The monoisotopic (exact) mass is 583 g/mol. The SMILES string of the molecule is CCCc1nc2c(C)cc(C(=O)N[C@@H](CS)Cc3cccs3)cc2n1Cc1ccc(-c2ccccc2C(=O)O)cc1. The highest BCUT2D eigenvalue weighted by Crippen LogP contribution is 2.27. The molecule has 0 radical (unpaired) electrons. The van der Waals surface area contributed by atoms with Gasteiger partial charge in [-0.25, -0.2) is 9.78 Å². The minimum Gasteiger partial charge on any atom is -0.478 e. The van der Waals surface area contributed by atoms with Gasteiger partial charge in [-0.15, -0.1) is 11.3 Å². The van der Waals surface area contributed by atoms with Crippen LogP contribution >= 0.6 is 24.0 Å². The van der Waals surface area contributed by atoms with E-state index < -0.39 is 5.97 Å². The molecule has 0 spiro atoms. The molecule has 41 heavy (non-hydrogen) atoms. The number of aromatic carboxylic acids is 1. The fraction of sp³-hybridized carbons (Fsp3) is 0.242. The second-order valence-electron chi connectivity index (χ2n) is 10.2. The summed E-state index contributed by atoms with van der Waals surface area (Å²) in [7, 11) is 0. The van der Waals surface area contributed by atoms with Crippen molar-refractivity contribution >= 4 is 46.9 Å². The summed E-state index contributed by atoms with van der Waals surface area (Å²) in [5, 5.41) is 14.8. The molecule has 8 heteroatoms. The van der Waals surface area contributed by atoms with Gasteiger partial charge in [0.25, 0.3) is 5.91 Å². The van der Waals surface area contributed by atoms with Crippen molar-refractivity contribution in [1.29, 1.82) is 0 Å². The van der Waals surface area contributed by atoms with Crippen molar-refractivity contribution in [1.82, 2.24) is 14.9 Å². The summed E-state index contributed by atoms with van der Waals surface area (Å²) in [6.07, 6.45) is 2.52. The number of hydrogen-bond acceptors (Lipinski definition) is 5. The van der Waals surface area contributed by atoms with Crippen molar-refractivity contribution in [2.45, 2.75) is 45.7 Å². The summed E-state index contributed by atoms with van der Waals surface area (Å²) in [5.41, 5.74) is 6.30. The first-order valence-electron chi connectivity index (χ1n) is 13.7. The van der Waals surface area contributed by atoms with E-state index in [2.05, 4.69) is 35.5 Å². The Morgan fingerprint density at radius 3 is 2.54 bits per heavy atom. The number of aryl methyl sites for hydroxylation is 2. The number of aromatic nitrogens is 2. The third-order valence-electron chi connectivity index (χ3n) is 7.21. The number of carboxylic acids is 1. The normalized spacial score (nSPS) is 12.0. The van der Waals surface area contributed by atoms with Crippen molar-refractivity contribution in [3.63, 3.8) is 0 Å². The molecule has 210 valence electrons. The van der Waals surface area contributed by atoms with Gasteiger partial charge in [-0.1, -0.05) is 55.5 Å². The smallest absolute Gasteiger partial charge is 0.336 e. The van der Waals surface area contributed by atoms with Crippen molar-refractivity contribution in [3.05, 3.63) is 111 Å². The molecule has 0 aliphatic carbocycles. The third-order valence-corrected chi connectivity index (χ3v) is 8.55. The number of imidazole rings is 1. The van der Waals surface area contributed by atoms with Crippen LogP contribution in [-0.4, -0.2) is 38.3 Å². The quantitative estimate of drug-likeness (QED) is 0.146. The maximum absolute atomic E-state index is 13.4. The Kier molecular flexibility index (Phi) is 8.90. The summed E-state index contributed by atoms with van der Waals surface area (Å²) in [4.78, 5) is 31.3. The molecule has 0 bridgehead atoms. The number of fused-ring (bicyclic) bond motifs is 1.